The van der Waals surface area contributed by atoms with Gasteiger partial charge in [0, 0.05) is 28.1 Å². The second-order valence-electron chi connectivity index (χ2n) is 4.53. The van der Waals surface area contributed by atoms with Gasteiger partial charge in [-0.15, -0.1) is 5.92 Å². The third kappa shape index (κ3) is 3.64. The number of hydrogen-bond donors (Lipinski definition) is 1. The van der Waals surface area contributed by atoms with Crippen molar-refractivity contribution < 1.29 is 4.79 Å². The molecule has 0 aliphatic heterocycles. The average molecular weight is 397 g/mol. The summed E-state index contributed by atoms with van der Waals surface area (Å²) in [5.74, 6) is 5.72. The summed E-state index contributed by atoms with van der Waals surface area (Å²) in [4.78, 5) is 11.3. The molecule has 1 amide bonds. The maximum atomic E-state index is 11.3. The minimum atomic E-state index is -0.196. The van der Waals surface area contributed by atoms with Crippen LogP contribution in [0.3, 0.4) is 0 Å². The standard InChI is InChI=1S/C17H12BrCl2NO/c1-3-4-11-5-6-12(18)9-13(11)16-14(19)7-8-15(17(16)20)21-10(2)22/h5-9H,1-2H3,(H,21,22). The molecule has 1 N–H and O–H groups in total. The van der Waals surface area contributed by atoms with Crippen LogP contribution in [0.15, 0.2) is 34.8 Å². The quantitative estimate of drug-likeness (QED) is 0.643. The molecule has 0 radical (unpaired) electrons. The number of benzene rings is 2. The van der Waals surface area contributed by atoms with Gasteiger partial charge in [-0.25, -0.2) is 0 Å². The highest BCUT2D eigenvalue weighted by atomic mass is 79.9. The summed E-state index contributed by atoms with van der Waals surface area (Å²) in [6, 6.07) is 9.09. The van der Waals surface area contributed by atoms with Crippen LogP contribution in [-0.4, -0.2) is 5.91 Å². The molecule has 0 aliphatic carbocycles. The summed E-state index contributed by atoms with van der Waals surface area (Å²) in [7, 11) is 0. The highest BCUT2D eigenvalue weighted by molar-refractivity contribution is 9.10. The molecular formula is C17H12BrCl2NO. The number of rotatable bonds is 2. The van der Waals surface area contributed by atoms with Gasteiger partial charge in [-0.1, -0.05) is 45.1 Å². The van der Waals surface area contributed by atoms with Crippen molar-refractivity contribution in [1.29, 1.82) is 0 Å². The average Bonchev–Trinajstić information content (AvgIpc) is 2.45. The SMILES string of the molecule is CC#Cc1ccc(Br)cc1-c1c(Cl)ccc(NC(C)=O)c1Cl. The van der Waals surface area contributed by atoms with Gasteiger partial charge in [0.25, 0.3) is 0 Å². The fraction of sp³-hybridized carbons (Fsp3) is 0.118. The molecule has 0 saturated heterocycles. The predicted molar refractivity (Wildman–Crippen MR) is 96.5 cm³/mol. The fourth-order valence-electron chi connectivity index (χ4n) is 2.05. The van der Waals surface area contributed by atoms with E-state index in [0.717, 1.165) is 15.6 Å². The van der Waals surface area contributed by atoms with Crippen molar-refractivity contribution >= 4 is 50.7 Å². The maximum Gasteiger partial charge on any atom is 0.221 e. The molecule has 0 unspecified atom stereocenters. The zero-order valence-electron chi connectivity index (χ0n) is 11.9. The summed E-state index contributed by atoms with van der Waals surface area (Å²) >= 11 is 16.2. The third-order valence-electron chi connectivity index (χ3n) is 2.91. The first-order chi connectivity index (χ1) is 10.4. The maximum absolute atomic E-state index is 11.3. The summed E-state index contributed by atoms with van der Waals surface area (Å²) in [5.41, 5.74) is 2.79. The van der Waals surface area contributed by atoms with Crippen molar-refractivity contribution in [2.24, 2.45) is 0 Å². The van der Waals surface area contributed by atoms with Gasteiger partial charge in [-0.3, -0.25) is 4.79 Å². The predicted octanol–water partition coefficient (Wildman–Crippen LogP) is 5.75. The first kappa shape index (κ1) is 16.9. The molecule has 0 heterocycles. The number of halogens is 3. The van der Waals surface area contributed by atoms with Crippen LogP contribution in [0.2, 0.25) is 10.0 Å². The minimum absolute atomic E-state index is 0.196. The fourth-order valence-corrected chi connectivity index (χ4v) is 3.04. The molecule has 112 valence electrons. The Morgan fingerprint density at radius 2 is 1.95 bits per heavy atom. The zero-order chi connectivity index (χ0) is 16.3. The molecule has 2 aromatic rings. The minimum Gasteiger partial charge on any atom is -0.325 e. The largest absolute Gasteiger partial charge is 0.325 e. The Labute approximate surface area is 147 Å². The van der Waals surface area contributed by atoms with Crippen molar-refractivity contribution in [2.75, 3.05) is 5.32 Å². The van der Waals surface area contributed by atoms with Crippen molar-refractivity contribution in [2.45, 2.75) is 13.8 Å². The van der Waals surface area contributed by atoms with E-state index in [0.29, 0.717) is 21.3 Å². The first-order valence-corrected chi connectivity index (χ1v) is 7.97. The second-order valence-corrected chi connectivity index (χ2v) is 6.23. The van der Waals surface area contributed by atoms with Crippen LogP contribution in [0.4, 0.5) is 5.69 Å². The summed E-state index contributed by atoms with van der Waals surface area (Å²) in [5, 5.41) is 3.58. The Kier molecular flexibility index (Phi) is 5.52. The van der Waals surface area contributed by atoms with Crippen LogP contribution < -0.4 is 5.32 Å². The smallest absolute Gasteiger partial charge is 0.221 e. The number of amides is 1. The molecule has 22 heavy (non-hydrogen) atoms. The number of carbonyl (C=O) groups is 1. The number of anilines is 1. The Balaban J connectivity index is 2.73. The lowest BCUT2D eigenvalue weighted by atomic mass is 9.99. The van der Waals surface area contributed by atoms with E-state index in [-0.39, 0.29) is 5.91 Å². The van der Waals surface area contributed by atoms with E-state index < -0.39 is 0 Å². The van der Waals surface area contributed by atoms with Crippen LogP contribution in [-0.2, 0) is 4.79 Å². The number of hydrogen-bond acceptors (Lipinski definition) is 1. The lowest BCUT2D eigenvalue weighted by molar-refractivity contribution is -0.114. The van der Waals surface area contributed by atoms with Crippen molar-refractivity contribution in [3.8, 4) is 23.0 Å². The molecule has 0 aromatic heterocycles. The van der Waals surface area contributed by atoms with Gasteiger partial charge in [0.15, 0.2) is 0 Å². The highest BCUT2D eigenvalue weighted by Crippen LogP contribution is 2.41. The van der Waals surface area contributed by atoms with Crippen molar-refractivity contribution in [1.82, 2.24) is 0 Å². The number of nitrogens with one attached hydrogen (secondary N) is 1. The lowest BCUT2D eigenvalue weighted by Gasteiger charge is -2.14. The third-order valence-corrected chi connectivity index (χ3v) is 4.11. The van der Waals surface area contributed by atoms with Crippen molar-refractivity contribution in [3.63, 3.8) is 0 Å². The first-order valence-electron chi connectivity index (χ1n) is 6.42. The van der Waals surface area contributed by atoms with Gasteiger partial charge >= 0.3 is 0 Å². The van der Waals surface area contributed by atoms with Gasteiger partial charge in [-0.2, -0.15) is 0 Å². The van der Waals surface area contributed by atoms with E-state index in [4.69, 9.17) is 23.2 Å². The normalized spacial score (nSPS) is 9.86. The highest BCUT2D eigenvalue weighted by Gasteiger charge is 2.16. The van der Waals surface area contributed by atoms with Gasteiger partial charge < -0.3 is 5.32 Å². The van der Waals surface area contributed by atoms with E-state index in [9.17, 15) is 4.79 Å². The summed E-state index contributed by atoms with van der Waals surface area (Å²) in [6.07, 6.45) is 0. The van der Waals surface area contributed by atoms with Gasteiger partial charge in [0.2, 0.25) is 5.91 Å². The Bertz CT molecular complexity index is 806. The summed E-state index contributed by atoms with van der Waals surface area (Å²) < 4.78 is 0.890. The molecule has 0 saturated carbocycles. The Morgan fingerprint density at radius 3 is 2.59 bits per heavy atom. The zero-order valence-corrected chi connectivity index (χ0v) is 15.0. The lowest BCUT2D eigenvalue weighted by Crippen LogP contribution is -2.06. The van der Waals surface area contributed by atoms with Gasteiger partial charge in [0.1, 0.15) is 0 Å². The molecular weight excluding hydrogens is 385 g/mol. The van der Waals surface area contributed by atoms with Crippen LogP contribution in [0.25, 0.3) is 11.1 Å². The van der Waals surface area contributed by atoms with E-state index >= 15 is 0 Å². The molecule has 0 bridgehead atoms. The topological polar surface area (TPSA) is 29.1 Å². The van der Waals surface area contributed by atoms with E-state index in [2.05, 4.69) is 33.1 Å². The molecule has 0 fully saturated rings. The van der Waals surface area contributed by atoms with Gasteiger partial charge in [-0.05, 0) is 37.3 Å². The van der Waals surface area contributed by atoms with Gasteiger partial charge in [0.05, 0.1) is 15.7 Å². The van der Waals surface area contributed by atoms with Crippen LogP contribution in [0.1, 0.15) is 19.4 Å². The molecule has 0 spiro atoms. The number of carbonyl (C=O) groups excluding carboxylic acids is 1. The van der Waals surface area contributed by atoms with Crippen LogP contribution >= 0.6 is 39.1 Å². The molecule has 2 aromatic carbocycles. The van der Waals surface area contributed by atoms with E-state index in [1.807, 2.05) is 18.2 Å². The van der Waals surface area contributed by atoms with Crippen LogP contribution in [0, 0.1) is 11.8 Å². The summed E-state index contributed by atoms with van der Waals surface area (Å²) in [6.45, 7) is 3.19. The Hall–Kier alpha value is -1.47. The molecule has 2 rings (SSSR count). The monoisotopic (exact) mass is 395 g/mol. The molecule has 2 nitrogen and oxygen atoms in total. The van der Waals surface area contributed by atoms with E-state index in [1.54, 1.807) is 19.1 Å². The van der Waals surface area contributed by atoms with Crippen molar-refractivity contribution in [3.05, 3.63) is 50.4 Å². The molecule has 5 heteroatoms. The van der Waals surface area contributed by atoms with Crippen LogP contribution in [0.5, 0.6) is 0 Å². The van der Waals surface area contributed by atoms with E-state index in [1.165, 1.54) is 6.92 Å². The molecule has 0 aliphatic rings. The second kappa shape index (κ2) is 7.19. The Morgan fingerprint density at radius 1 is 1.23 bits per heavy atom. The molecule has 0 atom stereocenters.